The Labute approximate surface area is 102 Å². The van der Waals surface area contributed by atoms with Gasteiger partial charge in [-0.1, -0.05) is 0 Å². The Morgan fingerprint density at radius 3 is 2.72 bits per heavy atom. The maximum atomic E-state index is 10.7. The zero-order valence-corrected chi connectivity index (χ0v) is 9.84. The molecule has 1 aromatic heterocycles. The number of aryl methyl sites for hydroxylation is 1. The first-order valence-corrected chi connectivity index (χ1v) is 5.12. The van der Waals surface area contributed by atoms with Crippen LogP contribution in [0.25, 0.3) is 0 Å². The third kappa shape index (κ3) is 2.40. The van der Waals surface area contributed by atoms with Gasteiger partial charge in [-0.05, 0) is 13.0 Å². The van der Waals surface area contributed by atoms with Crippen LogP contribution in [0.5, 0.6) is 17.4 Å². The van der Waals surface area contributed by atoms with Crippen molar-refractivity contribution in [2.45, 2.75) is 6.92 Å². The molecule has 0 radical (unpaired) electrons. The van der Waals surface area contributed by atoms with Crippen LogP contribution in [0.2, 0.25) is 0 Å². The van der Waals surface area contributed by atoms with Crippen molar-refractivity contribution in [2.24, 2.45) is 0 Å². The fourth-order valence-corrected chi connectivity index (χ4v) is 1.44. The Balaban J connectivity index is 2.27. The number of ether oxygens (including phenoxy) is 2. The molecular formula is C11H11N3O4. The lowest BCUT2D eigenvalue weighted by molar-refractivity contribution is -0.385. The minimum absolute atomic E-state index is 0.108. The highest BCUT2D eigenvalue weighted by Gasteiger charge is 2.15. The Bertz CT molecular complexity index is 579. The normalized spacial score (nSPS) is 10.1. The number of nitro benzene ring substituents is 1. The number of hydrogen-bond acceptors (Lipinski definition) is 5. The second-order valence-corrected chi connectivity index (χ2v) is 3.58. The third-order valence-electron chi connectivity index (χ3n) is 2.25. The second-order valence-electron chi connectivity index (χ2n) is 3.58. The summed E-state index contributed by atoms with van der Waals surface area (Å²) in [7, 11) is 1.37. The smallest absolute Gasteiger partial charge is 0.311 e. The van der Waals surface area contributed by atoms with Gasteiger partial charge < -0.3 is 9.47 Å². The van der Waals surface area contributed by atoms with E-state index in [4.69, 9.17) is 9.47 Å². The lowest BCUT2D eigenvalue weighted by Gasteiger charge is -2.05. The summed E-state index contributed by atoms with van der Waals surface area (Å²) < 4.78 is 10.4. The van der Waals surface area contributed by atoms with Gasteiger partial charge in [0.05, 0.1) is 12.0 Å². The zero-order chi connectivity index (χ0) is 13.1. The molecule has 1 aromatic carbocycles. The van der Waals surface area contributed by atoms with Crippen molar-refractivity contribution in [3.63, 3.8) is 0 Å². The molecule has 1 heterocycles. The van der Waals surface area contributed by atoms with Gasteiger partial charge in [-0.2, -0.15) is 0 Å². The molecule has 0 aliphatic carbocycles. The number of aromatic amines is 1. The van der Waals surface area contributed by atoms with Crippen LogP contribution in [0, 0.1) is 17.0 Å². The van der Waals surface area contributed by atoms with E-state index < -0.39 is 4.92 Å². The van der Waals surface area contributed by atoms with Gasteiger partial charge in [0.2, 0.25) is 11.6 Å². The Kier molecular flexibility index (Phi) is 3.13. The number of rotatable bonds is 4. The van der Waals surface area contributed by atoms with Crippen LogP contribution < -0.4 is 9.47 Å². The molecule has 0 saturated heterocycles. The van der Waals surface area contributed by atoms with Crippen LogP contribution in [-0.2, 0) is 0 Å². The maximum Gasteiger partial charge on any atom is 0.311 e. The number of aromatic nitrogens is 2. The summed E-state index contributed by atoms with van der Waals surface area (Å²) in [5, 5.41) is 17.4. The van der Waals surface area contributed by atoms with Crippen LogP contribution in [0.3, 0.4) is 0 Å². The molecule has 0 spiro atoms. The molecule has 0 aliphatic heterocycles. The van der Waals surface area contributed by atoms with E-state index in [2.05, 4.69) is 10.2 Å². The van der Waals surface area contributed by atoms with Crippen molar-refractivity contribution in [2.75, 3.05) is 7.11 Å². The first-order valence-electron chi connectivity index (χ1n) is 5.12. The Morgan fingerprint density at radius 1 is 1.39 bits per heavy atom. The largest absolute Gasteiger partial charge is 0.490 e. The van der Waals surface area contributed by atoms with Crippen LogP contribution in [-0.4, -0.2) is 22.2 Å². The number of hydrogen-bond donors (Lipinski definition) is 1. The molecule has 0 fully saturated rings. The summed E-state index contributed by atoms with van der Waals surface area (Å²) in [5.41, 5.74) is 0.752. The number of methoxy groups -OCH3 is 1. The third-order valence-corrected chi connectivity index (χ3v) is 2.25. The molecule has 2 aromatic rings. The first-order chi connectivity index (χ1) is 8.60. The topological polar surface area (TPSA) is 90.3 Å². The lowest BCUT2D eigenvalue weighted by Crippen LogP contribution is -1.94. The SMILES string of the molecule is COc1cc(Oc2cc(C)[nH]n2)ccc1[N+](=O)[O-]. The summed E-state index contributed by atoms with van der Waals surface area (Å²) >= 11 is 0. The monoisotopic (exact) mass is 249 g/mol. The van der Waals surface area contributed by atoms with Crippen LogP contribution in [0.1, 0.15) is 5.69 Å². The first kappa shape index (κ1) is 11.9. The standard InChI is InChI=1S/C11H11N3O4/c1-7-5-11(13-12-7)18-8-3-4-9(14(15)16)10(6-8)17-2/h3-6H,1-2H3,(H,12,13). The molecule has 0 amide bonds. The molecule has 7 heteroatoms. The van der Waals surface area contributed by atoms with Crippen molar-refractivity contribution < 1.29 is 14.4 Å². The summed E-state index contributed by atoms with van der Waals surface area (Å²) in [4.78, 5) is 10.2. The van der Waals surface area contributed by atoms with E-state index in [-0.39, 0.29) is 11.4 Å². The van der Waals surface area contributed by atoms with Gasteiger partial charge in [0.15, 0.2) is 0 Å². The van der Waals surface area contributed by atoms with Crippen molar-refractivity contribution in [3.05, 3.63) is 40.1 Å². The molecule has 0 atom stereocenters. The molecule has 0 unspecified atom stereocenters. The average molecular weight is 249 g/mol. The van der Waals surface area contributed by atoms with Crippen molar-refractivity contribution in [1.82, 2.24) is 10.2 Å². The summed E-state index contributed by atoms with van der Waals surface area (Å²) in [6.07, 6.45) is 0. The number of nitrogens with one attached hydrogen (secondary N) is 1. The van der Waals surface area contributed by atoms with E-state index in [9.17, 15) is 10.1 Å². The van der Waals surface area contributed by atoms with E-state index in [1.807, 2.05) is 6.92 Å². The van der Waals surface area contributed by atoms with Gasteiger partial charge in [-0.3, -0.25) is 15.2 Å². The summed E-state index contributed by atoms with van der Waals surface area (Å²) in [6.45, 7) is 1.84. The molecular weight excluding hydrogens is 238 g/mol. The van der Waals surface area contributed by atoms with Gasteiger partial charge in [-0.15, -0.1) is 5.10 Å². The molecule has 94 valence electrons. The number of nitrogens with zero attached hydrogens (tertiary/aromatic N) is 2. The quantitative estimate of drug-likeness (QED) is 0.663. The van der Waals surface area contributed by atoms with Gasteiger partial charge >= 0.3 is 5.69 Å². The number of H-pyrrole nitrogens is 1. The van der Waals surface area contributed by atoms with Crippen LogP contribution in [0.4, 0.5) is 5.69 Å². The van der Waals surface area contributed by atoms with Gasteiger partial charge in [-0.25, -0.2) is 0 Å². The molecule has 1 N–H and O–H groups in total. The van der Waals surface area contributed by atoms with Crippen LogP contribution in [0.15, 0.2) is 24.3 Å². The highest BCUT2D eigenvalue weighted by Crippen LogP contribution is 2.32. The van der Waals surface area contributed by atoms with Gasteiger partial charge in [0, 0.05) is 23.9 Å². The number of nitro groups is 1. The lowest BCUT2D eigenvalue weighted by atomic mass is 10.3. The Morgan fingerprint density at radius 2 is 2.17 bits per heavy atom. The van der Waals surface area contributed by atoms with Crippen LogP contribution >= 0.6 is 0 Å². The Hall–Kier alpha value is -2.57. The summed E-state index contributed by atoms with van der Waals surface area (Å²) in [6, 6.07) is 5.98. The molecule has 2 rings (SSSR count). The fraction of sp³-hybridized carbons (Fsp3) is 0.182. The molecule has 0 saturated carbocycles. The minimum atomic E-state index is -0.513. The van der Waals surface area contributed by atoms with Crippen molar-refractivity contribution in [1.29, 1.82) is 0 Å². The van der Waals surface area contributed by atoms with Gasteiger partial charge in [0.1, 0.15) is 5.75 Å². The minimum Gasteiger partial charge on any atom is -0.490 e. The second kappa shape index (κ2) is 4.74. The van der Waals surface area contributed by atoms with E-state index in [0.29, 0.717) is 11.6 Å². The number of benzene rings is 1. The highest BCUT2D eigenvalue weighted by atomic mass is 16.6. The van der Waals surface area contributed by atoms with E-state index in [1.54, 1.807) is 6.07 Å². The fourth-order valence-electron chi connectivity index (χ4n) is 1.44. The van der Waals surface area contributed by atoms with E-state index in [1.165, 1.54) is 25.3 Å². The van der Waals surface area contributed by atoms with Gasteiger partial charge in [0.25, 0.3) is 0 Å². The van der Waals surface area contributed by atoms with Crippen molar-refractivity contribution in [3.8, 4) is 17.4 Å². The average Bonchev–Trinajstić information content (AvgIpc) is 2.74. The van der Waals surface area contributed by atoms with Crippen molar-refractivity contribution >= 4 is 5.69 Å². The van der Waals surface area contributed by atoms with E-state index >= 15 is 0 Å². The molecule has 7 nitrogen and oxygen atoms in total. The molecule has 18 heavy (non-hydrogen) atoms. The molecule has 0 aliphatic rings. The zero-order valence-electron chi connectivity index (χ0n) is 9.84. The maximum absolute atomic E-state index is 10.7. The molecule has 0 bridgehead atoms. The van der Waals surface area contributed by atoms with E-state index in [0.717, 1.165) is 5.69 Å². The highest BCUT2D eigenvalue weighted by molar-refractivity contribution is 5.51. The summed E-state index contributed by atoms with van der Waals surface area (Å²) in [5.74, 6) is 0.956. The predicted octanol–water partition coefficient (Wildman–Crippen LogP) is 2.43. The predicted molar refractivity (Wildman–Crippen MR) is 63.0 cm³/mol.